The zero-order valence-electron chi connectivity index (χ0n) is 12.6. The smallest absolute Gasteiger partial charge is 0.410 e. The second kappa shape index (κ2) is 5.24. The topological polar surface area (TPSA) is 68.4 Å². The molecule has 2 heterocycles. The van der Waals surface area contributed by atoms with Crippen LogP contribution in [0, 0.1) is 0 Å². The van der Waals surface area contributed by atoms with Crippen LogP contribution in [-0.4, -0.2) is 54.0 Å². The number of likely N-dealkylation sites (tertiary alicyclic amines) is 1. The highest BCUT2D eigenvalue weighted by Gasteiger charge is 2.62. The lowest BCUT2D eigenvalue weighted by Gasteiger charge is -2.32. The van der Waals surface area contributed by atoms with E-state index in [1.165, 1.54) is 0 Å². The summed E-state index contributed by atoms with van der Waals surface area (Å²) in [4.78, 5) is 25.2. The molecule has 0 aliphatic carbocycles. The van der Waals surface area contributed by atoms with E-state index in [0.29, 0.717) is 32.5 Å². The van der Waals surface area contributed by atoms with E-state index in [1.807, 2.05) is 20.8 Å². The summed E-state index contributed by atoms with van der Waals surface area (Å²) < 4.78 is 15.8. The molecule has 0 radical (unpaired) electrons. The highest BCUT2D eigenvalue weighted by atomic mass is 16.7. The summed E-state index contributed by atoms with van der Waals surface area (Å²) in [5.41, 5.74) is -0.902. The monoisotopic (exact) mass is 285 g/mol. The van der Waals surface area contributed by atoms with Crippen molar-refractivity contribution in [1.82, 2.24) is 4.90 Å². The second-order valence-corrected chi connectivity index (χ2v) is 6.28. The van der Waals surface area contributed by atoms with Crippen molar-refractivity contribution in [1.29, 1.82) is 0 Å². The summed E-state index contributed by atoms with van der Waals surface area (Å²) in [5.74, 6) is -0.293. The maximum atomic E-state index is 11.9. The van der Waals surface area contributed by atoms with Crippen LogP contribution in [0.2, 0.25) is 0 Å². The minimum Gasteiger partial charge on any atom is -0.464 e. The Hall–Kier alpha value is -1.30. The van der Waals surface area contributed by atoms with Crippen LogP contribution in [0.1, 0.15) is 40.5 Å². The molecule has 6 nitrogen and oxygen atoms in total. The van der Waals surface area contributed by atoms with Gasteiger partial charge < -0.3 is 19.1 Å². The quantitative estimate of drug-likeness (QED) is 0.571. The third kappa shape index (κ3) is 3.23. The Kier molecular flexibility index (Phi) is 3.95. The first-order valence-electron chi connectivity index (χ1n) is 7.10. The van der Waals surface area contributed by atoms with Crippen molar-refractivity contribution in [3.8, 4) is 0 Å². The molecule has 0 aromatic carbocycles. The number of hydrogen-bond acceptors (Lipinski definition) is 5. The number of nitrogens with zero attached hydrogens (tertiary/aromatic N) is 1. The number of carbonyl (C=O) groups excluding carboxylic acids is 2. The molecule has 114 valence electrons. The molecule has 2 fully saturated rings. The van der Waals surface area contributed by atoms with E-state index in [9.17, 15) is 9.59 Å². The first-order chi connectivity index (χ1) is 9.27. The number of esters is 1. The van der Waals surface area contributed by atoms with Gasteiger partial charge in [0.1, 0.15) is 11.2 Å². The fourth-order valence-electron chi connectivity index (χ4n) is 2.46. The van der Waals surface area contributed by atoms with Crippen molar-refractivity contribution >= 4 is 12.1 Å². The number of epoxide rings is 1. The van der Waals surface area contributed by atoms with Crippen LogP contribution in [0.3, 0.4) is 0 Å². The molecule has 1 unspecified atom stereocenters. The van der Waals surface area contributed by atoms with E-state index < -0.39 is 17.3 Å². The summed E-state index contributed by atoms with van der Waals surface area (Å²) >= 11 is 0. The summed E-state index contributed by atoms with van der Waals surface area (Å²) in [5, 5.41) is 0. The Bertz CT molecular complexity index is 393. The largest absolute Gasteiger partial charge is 0.464 e. The molecule has 2 aliphatic rings. The van der Waals surface area contributed by atoms with Gasteiger partial charge in [-0.2, -0.15) is 0 Å². The molecule has 20 heavy (non-hydrogen) atoms. The van der Waals surface area contributed by atoms with Crippen LogP contribution in [0.4, 0.5) is 4.79 Å². The maximum absolute atomic E-state index is 11.9. The molecule has 2 saturated heterocycles. The van der Waals surface area contributed by atoms with Crippen molar-refractivity contribution in [2.24, 2.45) is 0 Å². The number of ether oxygens (including phenoxy) is 3. The first kappa shape index (κ1) is 15.1. The molecule has 6 heteroatoms. The van der Waals surface area contributed by atoms with Gasteiger partial charge in [-0.05, 0) is 40.5 Å². The molecule has 1 atom stereocenters. The third-order valence-corrected chi connectivity index (χ3v) is 3.54. The molecule has 0 aromatic rings. The van der Waals surface area contributed by atoms with Gasteiger partial charge in [0.05, 0.1) is 6.61 Å². The Morgan fingerprint density at radius 1 is 1.30 bits per heavy atom. The van der Waals surface area contributed by atoms with E-state index in [4.69, 9.17) is 14.2 Å². The highest BCUT2D eigenvalue weighted by Crippen LogP contribution is 2.46. The third-order valence-electron chi connectivity index (χ3n) is 3.54. The molecule has 1 amide bonds. The molecule has 1 spiro atoms. The first-order valence-corrected chi connectivity index (χ1v) is 7.10. The normalized spacial score (nSPS) is 24.4. The molecule has 0 bridgehead atoms. The predicted molar refractivity (Wildman–Crippen MR) is 71.3 cm³/mol. The summed E-state index contributed by atoms with van der Waals surface area (Å²) in [6.45, 7) is 8.76. The fourth-order valence-corrected chi connectivity index (χ4v) is 2.46. The Morgan fingerprint density at radius 2 is 1.90 bits per heavy atom. The van der Waals surface area contributed by atoms with Crippen LogP contribution in [0.15, 0.2) is 0 Å². The van der Waals surface area contributed by atoms with Crippen molar-refractivity contribution in [2.75, 3.05) is 19.7 Å². The van der Waals surface area contributed by atoms with Crippen LogP contribution >= 0.6 is 0 Å². The molecule has 0 N–H and O–H groups in total. The van der Waals surface area contributed by atoms with E-state index in [1.54, 1.807) is 11.8 Å². The zero-order valence-corrected chi connectivity index (χ0v) is 12.6. The average molecular weight is 285 g/mol. The van der Waals surface area contributed by atoms with Gasteiger partial charge in [0.15, 0.2) is 6.10 Å². The van der Waals surface area contributed by atoms with Gasteiger partial charge in [-0.15, -0.1) is 0 Å². The summed E-state index contributed by atoms with van der Waals surface area (Å²) in [6, 6.07) is 0. The Morgan fingerprint density at radius 3 is 2.40 bits per heavy atom. The zero-order chi connectivity index (χ0) is 15.0. The van der Waals surface area contributed by atoms with Gasteiger partial charge in [-0.25, -0.2) is 9.59 Å². The molecular weight excluding hydrogens is 262 g/mol. The average Bonchev–Trinajstić information content (AvgIpc) is 3.02. The number of rotatable bonds is 2. The standard InChI is InChI=1S/C14H23NO5/c1-5-18-11(16)10-14(19-10)6-8-15(9-7-14)12(17)20-13(2,3)4/h10H,5-9H2,1-4H3. The van der Waals surface area contributed by atoms with Gasteiger partial charge >= 0.3 is 12.1 Å². The SMILES string of the molecule is CCOC(=O)C1OC12CCN(C(=O)OC(C)(C)C)CC2. The number of piperidine rings is 1. The summed E-state index contributed by atoms with van der Waals surface area (Å²) in [6.07, 6.45) is 0.537. The van der Waals surface area contributed by atoms with E-state index >= 15 is 0 Å². The van der Waals surface area contributed by atoms with Crippen LogP contribution in [-0.2, 0) is 19.0 Å². The molecule has 0 aromatic heterocycles. The van der Waals surface area contributed by atoms with Crippen molar-refractivity contribution < 1.29 is 23.8 Å². The minimum absolute atomic E-state index is 0.293. The summed E-state index contributed by atoms with van der Waals surface area (Å²) in [7, 11) is 0. The highest BCUT2D eigenvalue weighted by molar-refractivity contribution is 5.79. The van der Waals surface area contributed by atoms with Crippen LogP contribution in [0.25, 0.3) is 0 Å². The molecule has 2 aliphatic heterocycles. The van der Waals surface area contributed by atoms with Crippen molar-refractivity contribution in [3.63, 3.8) is 0 Å². The van der Waals surface area contributed by atoms with E-state index in [2.05, 4.69) is 0 Å². The molecule has 0 saturated carbocycles. The van der Waals surface area contributed by atoms with Crippen LogP contribution in [0.5, 0.6) is 0 Å². The fraction of sp³-hybridized carbons (Fsp3) is 0.857. The van der Waals surface area contributed by atoms with Gasteiger partial charge in [-0.3, -0.25) is 0 Å². The second-order valence-electron chi connectivity index (χ2n) is 6.28. The van der Waals surface area contributed by atoms with E-state index in [0.717, 1.165) is 0 Å². The van der Waals surface area contributed by atoms with E-state index in [-0.39, 0.29) is 12.1 Å². The van der Waals surface area contributed by atoms with Crippen LogP contribution < -0.4 is 0 Å². The maximum Gasteiger partial charge on any atom is 0.410 e. The number of carbonyl (C=O) groups is 2. The molecular formula is C14H23NO5. The van der Waals surface area contributed by atoms with Gasteiger partial charge in [0.2, 0.25) is 0 Å². The number of amides is 1. The Balaban J connectivity index is 1.82. The Labute approximate surface area is 119 Å². The van der Waals surface area contributed by atoms with Crippen molar-refractivity contribution in [3.05, 3.63) is 0 Å². The minimum atomic E-state index is -0.490. The lowest BCUT2D eigenvalue weighted by atomic mass is 9.93. The van der Waals surface area contributed by atoms with Gasteiger partial charge in [0, 0.05) is 13.1 Å². The lowest BCUT2D eigenvalue weighted by Crippen LogP contribution is -2.45. The lowest BCUT2D eigenvalue weighted by molar-refractivity contribution is -0.144. The van der Waals surface area contributed by atoms with Crippen molar-refractivity contribution in [2.45, 2.75) is 57.8 Å². The predicted octanol–water partition coefficient (Wildman–Crippen LogP) is 1.72. The van der Waals surface area contributed by atoms with Gasteiger partial charge in [-0.1, -0.05) is 0 Å². The molecule has 2 rings (SSSR count). The van der Waals surface area contributed by atoms with Gasteiger partial charge in [0.25, 0.3) is 0 Å². The number of hydrogen-bond donors (Lipinski definition) is 0.